The fourth-order valence-electron chi connectivity index (χ4n) is 1.74. The maximum absolute atomic E-state index is 10.2. The number of primary amides is 1. The molecule has 10 heteroatoms. The molecule has 0 fully saturated rings. The van der Waals surface area contributed by atoms with Gasteiger partial charge in [-0.25, -0.2) is 4.99 Å². The van der Waals surface area contributed by atoms with Crippen molar-refractivity contribution in [2.75, 3.05) is 12.8 Å². The lowest BCUT2D eigenvalue weighted by Gasteiger charge is -2.12. The van der Waals surface area contributed by atoms with E-state index in [0.717, 1.165) is 12.4 Å². The Bertz CT molecular complexity index is 922. The van der Waals surface area contributed by atoms with Crippen LogP contribution >= 0.6 is 20.6 Å². The van der Waals surface area contributed by atoms with Crippen LogP contribution in [0.25, 0.3) is 0 Å². The van der Waals surface area contributed by atoms with Gasteiger partial charge in [0.2, 0.25) is 6.41 Å². The predicted molar refractivity (Wildman–Crippen MR) is 157 cm³/mol. The Morgan fingerprint density at radius 3 is 2.09 bits per heavy atom. The number of amidine groups is 1. The van der Waals surface area contributed by atoms with Crippen LogP contribution < -0.4 is 22.5 Å². The van der Waals surface area contributed by atoms with E-state index in [1.54, 1.807) is 36.6 Å². The molecule has 1 unspecified atom stereocenters. The molecule has 0 bridgehead atoms. The Labute approximate surface area is 217 Å². The van der Waals surface area contributed by atoms with Gasteiger partial charge >= 0.3 is 0 Å². The minimum absolute atomic E-state index is 0.0281. The summed E-state index contributed by atoms with van der Waals surface area (Å²) < 4.78 is 0. The van der Waals surface area contributed by atoms with Crippen molar-refractivity contribution in [1.29, 1.82) is 5.41 Å². The second-order valence-corrected chi connectivity index (χ2v) is 9.13. The first-order chi connectivity index (χ1) is 16.4. The molecule has 0 aliphatic rings. The van der Waals surface area contributed by atoms with Crippen molar-refractivity contribution in [3.05, 3.63) is 51.9 Å². The number of aliphatic hydroxyl groups is 2. The normalized spacial score (nSPS) is 10.9. The van der Waals surface area contributed by atoms with E-state index in [4.69, 9.17) is 26.8 Å². The standard InChI is InChI=1S/C15H17N4OPS.C6H14.C2H6.CH3NO.CH4O/c1-8(14(20)13(17)9-4-5-22-7-9)15(18)19-11-3-2-10(16)6-12(11)21;1-5-6(2,3)4;1-2;2-1-3;1-2/h2-7,17,20H,16,21H2,1H3,(H2,18,19);5H2,1-4H3;1-2H3;1H,(H2,2,3);2H,1H3/b14-8-,17-13?;;;;. The van der Waals surface area contributed by atoms with E-state index >= 15 is 0 Å². The molecule has 35 heavy (non-hydrogen) atoms. The van der Waals surface area contributed by atoms with Crippen molar-refractivity contribution in [3.8, 4) is 0 Å². The number of thiophene rings is 1. The summed E-state index contributed by atoms with van der Waals surface area (Å²) in [6.07, 6.45) is 1.52. The average molecular weight is 526 g/mol. The lowest BCUT2D eigenvalue weighted by Crippen LogP contribution is -2.18. The molecule has 2 rings (SSSR count). The molecule has 2 aromatic rings. The van der Waals surface area contributed by atoms with E-state index in [9.17, 15) is 5.11 Å². The van der Waals surface area contributed by atoms with E-state index in [1.165, 1.54) is 17.8 Å². The van der Waals surface area contributed by atoms with Gasteiger partial charge in [-0.05, 0) is 47.3 Å². The number of rotatable bonds is 4. The molecule has 1 atom stereocenters. The summed E-state index contributed by atoms with van der Waals surface area (Å²) >= 11 is 1.46. The molecule has 1 amide bonds. The van der Waals surface area contributed by atoms with Crippen molar-refractivity contribution in [3.63, 3.8) is 0 Å². The third kappa shape index (κ3) is 16.5. The largest absolute Gasteiger partial charge is 0.505 e. The van der Waals surface area contributed by atoms with Gasteiger partial charge in [0.15, 0.2) is 0 Å². The quantitative estimate of drug-likeness (QED) is 0.0831. The SMILES string of the molecule is C/C(C(N)=Nc1ccc(N)cc1P)=C(/O)C(=N)c1ccsc1.CC.CCC(C)(C)C.CO.NC=O. The van der Waals surface area contributed by atoms with Crippen LogP contribution in [-0.4, -0.2) is 35.3 Å². The minimum Gasteiger partial charge on any atom is -0.505 e. The molecule has 1 aromatic carbocycles. The highest BCUT2D eigenvalue weighted by Crippen LogP contribution is 2.18. The summed E-state index contributed by atoms with van der Waals surface area (Å²) in [6, 6.07) is 7.01. The molecule has 0 aliphatic carbocycles. The average Bonchev–Trinajstić information content (AvgIpc) is 3.37. The zero-order chi connectivity index (χ0) is 28.2. The number of carbonyl (C=O) groups is 1. The first-order valence-electron chi connectivity index (χ1n) is 11.0. The van der Waals surface area contributed by atoms with Gasteiger partial charge in [0, 0.05) is 29.3 Å². The van der Waals surface area contributed by atoms with Gasteiger partial charge in [-0.15, -0.1) is 9.24 Å². The summed E-state index contributed by atoms with van der Waals surface area (Å²) in [6.45, 7) is 14.6. The van der Waals surface area contributed by atoms with Crippen molar-refractivity contribution in [2.45, 2.75) is 54.9 Å². The molecule has 8 nitrogen and oxygen atoms in total. The van der Waals surface area contributed by atoms with Crippen LogP contribution in [0.2, 0.25) is 0 Å². The number of nitrogens with two attached hydrogens (primary N) is 3. The molecule has 9 N–H and O–H groups in total. The summed E-state index contributed by atoms with van der Waals surface area (Å²) in [5.74, 6) is -0.0219. The lowest BCUT2D eigenvalue weighted by atomic mass is 9.94. The highest BCUT2D eigenvalue weighted by Gasteiger charge is 2.13. The highest BCUT2D eigenvalue weighted by molar-refractivity contribution is 7.28. The zero-order valence-electron chi connectivity index (χ0n) is 22.2. The summed E-state index contributed by atoms with van der Waals surface area (Å²) in [7, 11) is 3.54. The maximum Gasteiger partial charge on any atom is 0.204 e. The van der Waals surface area contributed by atoms with E-state index in [1.807, 2.05) is 19.2 Å². The number of benzene rings is 1. The summed E-state index contributed by atoms with van der Waals surface area (Å²) in [5, 5.41) is 29.6. The molecule has 0 saturated carbocycles. The summed E-state index contributed by atoms with van der Waals surface area (Å²) in [5.41, 5.74) is 18.7. The molecular weight excluding hydrogens is 481 g/mol. The highest BCUT2D eigenvalue weighted by atomic mass is 32.1. The fourth-order valence-corrected chi connectivity index (χ4v) is 2.74. The Morgan fingerprint density at radius 2 is 1.71 bits per heavy atom. The van der Waals surface area contributed by atoms with Crippen LogP contribution in [0.1, 0.15) is 60.5 Å². The van der Waals surface area contributed by atoms with E-state index in [0.29, 0.717) is 27.9 Å². The second-order valence-electron chi connectivity index (χ2n) is 7.73. The number of allylic oxidation sites excluding steroid dienone is 1. The molecule has 0 spiro atoms. The Kier molecular flexibility index (Phi) is 21.7. The van der Waals surface area contributed by atoms with Gasteiger partial charge in [-0.2, -0.15) is 11.3 Å². The Morgan fingerprint density at radius 1 is 1.23 bits per heavy atom. The van der Waals surface area contributed by atoms with Crippen molar-refractivity contribution in [1.82, 2.24) is 0 Å². The number of hydrogen-bond donors (Lipinski definition) is 6. The number of hydrogen-bond acceptors (Lipinski definition) is 7. The number of nitrogens with one attached hydrogen (secondary N) is 1. The minimum atomic E-state index is -0.180. The van der Waals surface area contributed by atoms with Gasteiger partial charge in [-0.3, -0.25) is 10.2 Å². The topological polar surface area (TPSA) is 172 Å². The molecular formula is C25H44N5O3PS. The van der Waals surface area contributed by atoms with E-state index < -0.39 is 0 Å². The summed E-state index contributed by atoms with van der Waals surface area (Å²) in [4.78, 5) is 12.9. The van der Waals surface area contributed by atoms with Crippen LogP contribution in [0.4, 0.5) is 11.4 Å². The smallest absolute Gasteiger partial charge is 0.204 e. The number of aliphatic imine (C=N–C) groups is 1. The lowest BCUT2D eigenvalue weighted by molar-refractivity contribution is -0.106. The monoisotopic (exact) mass is 525 g/mol. The third-order valence-corrected chi connectivity index (χ3v) is 5.28. The van der Waals surface area contributed by atoms with Crippen LogP contribution in [0.3, 0.4) is 0 Å². The Balaban J connectivity index is -0.000000661. The van der Waals surface area contributed by atoms with Crippen LogP contribution in [0, 0.1) is 10.8 Å². The van der Waals surface area contributed by atoms with Gasteiger partial charge in [0.25, 0.3) is 0 Å². The number of carbonyl (C=O) groups excluding carboxylic acids is 1. The van der Waals surface area contributed by atoms with Crippen molar-refractivity contribution in [2.24, 2.45) is 21.9 Å². The number of nitrogen functional groups attached to an aromatic ring is 1. The predicted octanol–water partition coefficient (Wildman–Crippen LogP) is 4.90. The van der Waals surface area contributed by atoms with Gasteiger partial charge in [0.1, 0.15) is 17.3 Å². The Hall–Kier alpha value is -2.74. The van der Waals surface area contributed by atoms with Crippen LogP contribution in [0.15, 0.2) is 51.4 Å². The molecule has 198 valence electrons. The maximum atomic E-state index is 10.2. The van der Waals surface area contributed by atoms with Gasteiger partial charge in [0.05, 0.1) is 5.69 Å². The van der Waals surface area contributed by atoms with E-state index in [2.05, 4.69) is 47.7 Å². The molecule has 1 heterocycles. The van der Waals surface area contributed by atoms with Gasteiger partial charge < -0.3 is 27.4 Å². The molecule has 0 saturated heterocycles. The van der Waals surface area contributed by atoms with E-state index in [-0.39, 0.29) is 23.7 Å². The molecule has 0 aliphatic heterocycles. The number of anilines is 1. The number of amides is 1. The zero-order valence-corrected chi connectivity index (χ0v) is 24.2. The van der Waals surface area contributed by atoms with Crippen LogP contribution in [-0.2, 0) is 4.79 Å². The molecule has 0 radical (unpaired) electrons. The first kappa shape index (κ1) is 36.8. The van der Waals surface area contributed by atoms with Gasteiger partial charge in [-0.1, -0.05) is 48.0 Å². The second kappa shape index (κ2) is 20.6. The number of nitrogens with zero attached hydrogens (tertiary/aromatic N) is 1. The van der Waals surface area contributed by atoms with Crippen molar-refractivity contribution < 1.29 is 15.0 Å². The first-order valence-corrected chi connectivity index (χ1v) is 12.5. The number of aliphatic hydroxyl groups excluding tert-OH is 2. The third-order valence-electron chi connectivity index (χ3n) is 4.14. The van der Waals surface area contributed by atoms with Crippen molar-refractivity contribution >= 4 is 55.2 Å². The van der Waals surface area contributed by atoms with Crippen LogP contribution in [0.5, 0.6) is 0 Å². The molecule has 1 aromatic heterocycles. The fraction of sp³-hybridized carbons (Fsp3) is 0.400.